The predicted molar refractivity (Wildman–Crippen MR) is 152 cm³/mol. The Bertz CT molecular complexity index is 1040. The lowest BCUT2D eigenvalue weighted by Gasteiger charge is -2.35. The zero-order valence-electron chi connectivity index (χ0n) is 24.1. The van der Waals surface area contributed by atoms with Gasteiger partial charge in [0.2, 0.25) is 11.8 Å². The van der Waals surface area contributed by atoms with Gasteiger partial charge in [-0.25, -0.2) is 4.79 Å². The van der Waals surface area contributed by atoms with Crippen molar-refractivity contribution in [1.82, 2.24) is 15.5 Å². The van der Waals surface area contributed by atoms with Crippen molar-refractivity contribution in [3.05, 3.63) is 70.8 Å². The number of carbonyl (C=O) groups is 3. The lowest BCUT2D eigenvalue weighted by Crippen LogP contribution is -2.52. The predicted octanol–water partition coefficient (Wildman–Crippen LogP) is 5.98. The highest BCUT2D eigenvalue weighted by Crippen LogP contribution is 2.29. The van der Waals surface area contributed by atoms with Gasteiger partial charge >= 0.3 is 6.09 Å². The van der Waals surface area contributed by atoms with E-state index in [0.717, 1.165) is 47.9 Å². The van der Waals surface area contributed by atoms with Gasteiger partial charge < -0.3 is 20.3 Å². The molecule has 0 heterocycles. The summed E-state index contributed by atoms with van der Waals surface area (Å²) in [6.45, 7) is 13.7. The number of hydrogen-bond donors (Lipinski definition) is 2. The molecule has 0 aliphatic carbocycles. The number of aryl methyl sites for hydroxylation is 2. The monoisotopic (exact) mass is 523 g/mol. The third-order valence-electron chi connectivity index (χ3n) is 6.32. The normalized spacial score (nSPS) is 12.8. The highest BCUT2D eigenvalue weighted by Gasteiger charge is 2.35. The minimum Gasteiger partial charge on any atom is -0.444 e. The van der Waals surface area contributed by atoms with Crippen LogP contribution in [-0.4, -0.2) is 41.0 Å². The maximum atomic E-state index is 13.9. The van der Waals surface area contributed by atoms with Crippen LogP contribution in [0.1, 0.15) is 88.6 Å². The van der Waals surface area contributed by atoms with Gasteiger partial charge in [-0.1, -0.05) is 74.7 Å². The van der Waals surface area contributed by atoms with Crippen LogP contribution >= 0.6 is 0 Å². The van der Waals surface area contributed by atoms with Crippen molar-refractivity contribution in [3.63, 3.8) is 0 Å². The summed E-state index contributed by atoms with van der Waals surface area (Å²) in [5.41, 5.74) is 2.96. The summed E-state index contributed by atoms with van der Waals surface area (Å²) in [6, 6.07) is 13.9. The fraction of sp³-hybridized carbons (Fsp3) is 0.516. The fourth-order valence-corrected chi connectivity index (χ4v) is 4.44. The number of alkyl carbamates (subject to hydrolysis) is 1. The van der Waals surface area contributed by atoms with Crippen molar-refractivity contribution in [1.29, 1.82) is 0 Å². The van der Waals surface area contributed by atoms with Gasteiger partial charge in [-0.05, 0) is 70.2 Å². The van der Waals surface area contributed by atoms with E-state index in [4.69, 9.17) is 4.74 Å². The molecular formula is C31H45N3O4. The molecule has 0 aliphatic heterocycles. The Morgan fingerprint density at radius 3 is 2.13 bits per heavy atom. The Morgan fingerprint density at radius 2 is 1.55 bits per heavy atom. The molecule has 0 bridgehead atoms. The van der Waals surface area contributed by atoms with E-state index in [9.17, 15) is 14.4 Å². The average molecular weight is 524 g/mol. The van der Waals surface area contributed by atoms with Gasteiger partial charge in [0.25, 0.3) is 0 Å². The lowest BCUT2D eigenvalue weighted by molar-refractivity contribution is -0.142. The van der Waals surface area contributed by atoms with E-state index in [0.29, 0.717) is 13.1 Å². The molecule has 2 aromatic carbocycles. The number of benzene rings is 2. The first kappa shape index (κ1) is 30.9. The molecule has 0 fully saturated rings. The first-order valence-electron chi connectivity index (χ1n) is 13.6. The van der Waals surface area contributed by atoms with Gasteiger partial charge in [-0.3, -0.25) is 9.59 Å². The summed E-state index contributed by atoms with van der Waals surface area (Å²) in [4.78, 5) is 41.9. The van der Waals surface area contributed by atoms with Crippen LogP contribution < -0.4 is 10.6 Å². The van der Waals surface area contributed by atoms with Gasteiger partial charge in [0.1, 0.15) is 17.7 Å². The number of rotatable bonds is 12. The maximum Gasteiger partial charge on any atom is 0.408 e. The highest BCUT2D eigenvalue weighted by molar-refractivity contribution is 5.92. The van der Waals surface area contributed by atoms with E-state index in [1.807, 2.05) is 62.4 Å². The summed E-state index contributed by atoms with van der Waals surface area (Å²) in [5, 5.41) is 5.72. The van der Waals surface area contributed by atoms with Gasteiger partial charge in [0, 0.05) is 13.1 Å². The van der Waals surface area contributed by atoms with Gasteiger partial charge in [-0.15, -0.1) is 0 Å². The smallest absolute Gasteiger partial charge is 0.408 e. The van der Waals surface area contributed by atoms with Crippen molar-refractivity contribution in [2.45, 2.75) is 98.4 Å². The van der Waals surface area contributed by atoms with Crippen LogP contribution in [0.25, 0.3) is 0 Å². The number of nitrogens with one attached hydrogen (secondary N) is 2. The Kier molecular flexibility index (Phi) is 11.8. The standard InChI is InChI=1S/C31H45N3O4/c1-8-9-10-14-20-34(29(36)24(4)33-30(37)38-31(5,6)7)27(26-22(2)16-15-17-23(26)3)28(35)32-21-25-18-12-11-13-19-25/h11-13,15-19,24,27H,8-10,14,20-21H2,1-7H3,(H,32,35)(H,33,37). The van der Waals surface area contributed by atoms with Crippen molar-refractivity contribution < 1.29 is 19.1 Å². The molecule has 7 heteroatoms. The van der Waals surface area contributed by atoms with Crippen molar-refractivity contribution >= 4 is 17.9 Å². The molecule has 0 saturated heterocycles. The number of ether oxygens (including phenoxy) is 1. The Balaban J connectivity index is 2.43. The third-order valence-corrected chi connectivity index (χ3v) is 6.32. The topological polar surface area (TPSA) is 87.7 Å². The zero-order chi connectivity index (χ0) is 28.3. The molecule has 0 aromatic heterocycles. The molecule has 0 aliphatic rings. The van der Waals surface area contributed by atoms with Crippen molar-refractivity contribution in [3.8, 4) is 0 Å². The molecule has 7 nitrogen and oxygen atoms in total. The lowest BCUT2D eigenvalue weighted by atomic mass is 9.93. The van der Waals surface area contributed by atoms with Crippen LogP contribution in [0.3, 0.4) is 0 Å². The molecule has 208 valence electrons. The molecule has 0 radical (unpaired) electrons. The highest BCUT2D eigenvalue weighted by atomic mass is 16.6. The van der Waals surface area contributed by atoms with E-state index in [2.05, 4.69) is 17.6 Å². The Hall–Kier alpha value is -3.35. The molecule has 2 unspecified atom stereocenters. The zero-order valence-corrected chi connectivity index (χ0v) is 24.1. The minimum atomic E-state index is -0.871. The van der Waals surface area contributed by atoms with E-state index in [1.165, 1.54) is 0 Å². The van der Waals surface area contributed by atoms with E-state index >= 15 is 0 Å². The minimum absolute atomic E-state index is 0.250. The second-order valence-corrected chi connectivity index (χ2v) is 10.9. The van der Waals surface area contributed by atoms with Crippen LogP contribution in [0, 0.1) is 13.8 Å². The van der Waals surface area contributed by atoms with Crippen molar-refractivity contribution in [2.24, 2.45) is 0 Å². The third kappa shape index (κ3) is 9.51. The summed E-state index contributed by atoms with van der Waals surface area (Å²) in [6.07, 6.45) is 3.14. The molecule has 2 N–H and O–H groups in total. The van der Waals surface area contributed by atoms with Gasteiger partial charge in [-0.2, -0.15) is 0 Å². The molecule has 38 heavy (non-hydrogen) atoms. The molecule has 2 rings (SSSR count). The summed E-state index contributed by atoms with van der Waals surface area (Å²) < 4.78 is 5.37. The number of carbonyl (C=O) groups excluding carboxylic acids is 3. The van der Waals surface area contributed by atoms with Crippen LogP contribution in [0.2, 0.25) is 0 Å². The van der Waals surface area contributed by atoms with Crippen LogP contribution in [0.4, 0.5) is 4.79 Å². The van der Waals surface area contributed by atoms with Gasteiger partial charge in [0.05, 0.1) is 0 Å². The van der Waals surface area contributed by atoms with E-state index in [-0.39, 0.29) is 11.8 Å². The Labute approximate surface area is 228 Å². The second kappa shape index (κ2) is 14.6. The number of nitrogens with zero attached hydrogens (tertiary/aromatic N) is 1. The molecule has 2 aromatic rings. The molecule has 2 atom stereocenters. The number of hydrogen-bond acceptors (Lipinski definition) is 4. The largest absolute Gasteiger partial charge is 0.444 e. The van der Waals surface area contributed by atoms with Crippen LogP contribution in [0.5, 0.6) is 0 Å². The SMILES string of the molecule is CCCCCCN(C(=O)C(C)NC(=O)OC(C)(C)C)C(C(=O)NCc1ccccc1)c1c(C)cccc1C. The molecule has 3 amide bonds. The first-order valence-corrected chi connectivity index (χ1v) is 13.6. The first-order chi connectivity index (χ1) is 17.9. The molecular weight excluding hydrogens is 478 g/mol. The number of unbranched alkanes of at least 4 members (excludes halogenated alkanes) is 3. The number of amides is 3. The Morgan fingerprint density at radius 1 is 0.921 bits per heavy atom. The van der Waals surface area contributed by atoms with Gasteiger partial charge in [0.15, 0.2) is 0 Å². The molecule has 0 spiro atoms. The second-order valence-electron chi connectivity index (χ2n) is 10.9. The molecule has 0 saturated carbocycles. The van der Waals surface area contributed by atoms with E-state index < -0.39 is 23.8 Å². The van der Waals surface area contributed by atoms with E-state index in [1.54, 1.807) is 32.6 Å². The fourth-order valence-electron chi connectivity index (χ4n) is 4.44. The average Bonchev–Trinajstić information content (AvgIpc) is 2.84. The quantitative estimate of drug-likeness (QED) is 0.335. The summed E-state index contributed by atoms with van der Waals surface area (Å²) in [5.74, 6) is -0.575. The van der Waals surface area contributed by atoms with Crippen LogP contribution in [-0.2, 0) is 20.9 Å². The maximum absolute atomic E-state index is 13.9. The van der Waals surface area contributed by atoms with Crippen LogP contribution in [0.15, 0.2) is 48.5 Å². The summed E-state index contributed by atoms with van der Waals surface area (Å²) in [7, 11) is 0. The van der Waals surface area contributed by atoms with Crippen molar-refractivity contribution in [2.75, 3.05) is 6.54 Å². The summed E-state index contributed by atoms with van der Waals surface area (Å²) >= 11 is 0.